The summed E-state index contributed by atoms with van der Waals surface area (Å²) in [7, 11) is 0. The third-order valence-electron chi connectivity index (χ3n) is 1.55. The summed E-state index contributed by atoms with van der Waals surface area (Å²) >= 11 is 2.26. The first-order valence-corrected chi connectivity index (χ1v) is 4.53. The van der Waals surface area contributed by atoms with Crippen molar-refractivity contribution < 1.29 is 0 Å². The van der Waals surface area contributed by atoms with Gasteiger partial charge in [-0.1, -0.05) is 12.1 Å². The maximum atomic E-state index is 5.72. The van der Waals surface area contributed by atoms with E-state index in [-0.39, 0.29) is 6.04 Å². The van der Waals surface area contributed by atoms with E-state index in [0.29, 0.717) is 6.54 Å². The van der Waals surface area contributed by atoms with Crippen LogP contribution in [-0.2, 0) is 0 Å². The zero-order valence-electron chi connectivity index (χ0n) is 6.13. The number of hydrogen-bond acceptors (Lipinski definition) is 2. The first-order chi connectivity index (χ1) is 5.24. The molecule has 4 N–H and O–H groups in total. The second kappa shape index (κ2) is 4.04. The van der Waals surface area contributed by atoms with E-state index >= 15 is 0 Å². The van der Waals surface area contributed by atoms with Gasteiger partial charge in [-0.15, -0.1) is 0 Å². The van der Waals surface area contributed by atoms with Gasteiger partial charge in [0.2, 0.25) is 0 Å². The molecular formula is C8H11IN2. The summed E-state index contributed by atoms with van der Waals surface area (Å²) in [5, 5.41) is 0. The van der Waals surface area contributed by atoms with E-state index in [1.54, 1.807) is 0 Å². The second-order valence-corrected chi connectivity index (χ2v) is 3.64. The Morgan fingerprint density at radius 1 is 1.27 bits per heavy atom. The number of hydrogen-bond donors (Lipinski definition) is 2. The molecule has 0 heterocycles. The van der Waals surface area contributed by atoms with Crippen LogP contribution in [0.15, 0.2) is 24.3 Å². The maximum absolute atomic E-state index is 5.72. The lowest BCUT2D eigenvalue weighted by Crippen LogP contribution is -2.20. The van der Waals surface area contributed by atoms with Crippen LogP contribution in [0.2, 0.25) is 0 Å². The van der Waals surface area contributed by atoms with Crippen molar-refractivity contribution >= 4 is 22.6 Å². The van der Waals surface area contributed by atoms with Gasteiger partial charge in [-0.2, -0.15) is 0 Å². The average Bonchev–Trinajstić information content (AvgIpc) is 2.05. The fraction of sp³-hybridized carbons (Fsp3) is 0.250. The van der Waals surface area contributed by atoms with E-state index in [2.05, 4.69) is 22.6 Å². The van der Waals surface area contributed by atoms with Crippen molar-refractivity contribution in [2.45, 2.75) is 6.04 Å². The Morgan fingerprint density at radius 3 is 2.27 bits per heavy atom. The first kappa shape index (κ1) is 8.96. The highest BCUT2D eigenvalue weighted by molar-refractivity contribution is 14.1. The van der Waals surface area contributed by atoms with Crippen molar-refractivity contribution in [3.8, 4) is 0 Å². The summed E-state index contributed by atoms with van der Waals surface area (Å²) in [5.74, 6) is 0. The molecule has 0 aliphatic carbocycles. The maximum Gasteiger partial charge on any atom is 0.0419 e. The minimum absolute atomic E-state index is 0.0213. The molecule has 1 rings (SSSR count). The fourth-order valence-electron chi connectivity index (χ4n) is 0.846. The third kappa shape index (κ3) is 2.43. The minimum atomic E-state index is -0.0213. The Kier molecular flexibility index (Phi) is 3.29. The van der Waals surface area contributed by atoms with Crippen LogP contribution in [0.25, 0.3) is 0 Å². The molecule has 0 fully saturated rings. The van der Waals surface area contributed by atoms with Crippen molar-refractivity contribution in [3.63, 3.8) is 0 Å². The standard InChI is InChI=1S/C8H11IN2/c9-7-3-1-6(2-4-7)8(11)5-10/h1-4,8H,5,10-11H2/t8-/m0/s1. The molecule has 1 aromatic rings. The van der Waals surface area contributed by atoms with Crippen LogP contribution in [0.1, 0.15) is 11.6 Å². The molecule has 0 spiro atoms. The number of benzene rings is 1. The van der Waals surface area contributed by atoms with Gasteiger partial charge in [0.25, 0.3) is 0 Å². The predicted octanol–water partition coefficient (Wildman–Crippen LogP) is 1.25. The van der Waals surface area contributed by atoms with Gasteiger partial charge in [-0.25, -0.2) is 0 Å². The van der Waals surface area contributed by atoms with E-state index in [9.17, 15) is 0 Å². The van der Waals surface area contributed by atoms with Crippen LogP contribution in [0.5, 0.6) is 0 Å². The number of rotatable bonds is 2. The van der Waals surface area contributed by atoms with Crippen molar-refractivity contribution in [2.75, 3.05) is 6.54 Å². The summed E-state index contributed by atoms with van der Waals surface area (Å²) in [4.78, 5) is 0. The van der Waals surface area contributed by atoms with E-state index < -0.39 is 0 Å². The summed E-state index contributed by atoms with van der Waals surface area (Å²) < 4.78 is 1.22. The normalized spacial score (nSPS) is 13.0. The molecular weight excluding hydrogens is 251 g/mol. The van der Waals surface area contributed by atoms with Crippen LogP contribution in [0, 0.1) is 3.57 Å². The minimum Gasteiger partial charge on any atom is -0.329 e. The van der Waals surface area contributed by atoms with Gasteiger partial charge in [0, 0.05) is 16.2 Å². The largest absolute Gasteiger partial charge is 0.329 e. The second-order valence-electron chi connectivity index (χ2n) is 2.39. The predicted molar refractivity (Wildman–Crippen MR) is 55.1 cm³/mol. The highest BCUT2D eigenvalue weighted by Crippen LogP contribution is 2.11. The molecule has 1 aromatic carbocycles. The summed E-state index contributed by atoms with van der Waals surface area (Å²) in [5.41, 5.74) is 12.2. The molecule has 11 heavy (non-hydrogen) atoms. The summed E-state index contributed by atoms with van der Waals surface area (Å²) in [6.07, 6.45) is 0. The van der Waals surface area contributed by atoms with Crippen LogP contribution < -0.4 is 11.5 Å². The van der Waals surface area contributed by atoms with Gasteiger partial charge in [0.15, 0.2) is 0 Å². The van der Waals surface area contributed by atoms with Gasteiger partial charge in [-0.05, 0) is 40.3 Å². The summed E-state index contributed by atoms with van der Waals surface area (Å²) in [6.45, 7) is 0.501. The highest BCUT2D eigenvalue weighted by atomic mass is 127. The summed E-state index contributed by atoms with van der Waals surface area (Å²) in [6, 6.07) is 8.07. The van der Waals surface area contributed by atoms with Gasteiger partial charge in [0.05, 0.1) is 0 Å². The lowest BCUT2D eigenvalue weighted by molar-refractivity contribution is 0.737. The lowest BCUT2D eigenvalue weighted by atomic mass is 10.1. The Bertz CT molecular complexity index is 220. The lowest BCUT2D eigenvalue weighted by Gasteiger charge is -2.07. The van der Waals surface area contributed by atoms with Crippen LogP contribution in [0.3, 0.4) is 0 Å². The van der Waals surface area contributed by atoms with E-state index in [1.807, 2.05) is 24.3 Å². The molecule has 0 radical (unpaired) electrons. The highest BCUT2D eigenvalue weighted by Gasteiger charge is 2.01. The van der Waals surface area contributed by atoms with Crippen LogP contribution in [0.4, 0.5) is 0 Å². The molecule has 0 aliphatic heterocycles. The molecule has 0 amide bonds. The number of halogens is 1. The first-order valence-electron chi connectivity index (χ1n) is 3.45. The smallest absolute Gasteiger partial charge is 0.0419 e. The van der Waals surface area contributed by atoms with E-state index in [0.717, 1.165) is 5.56 Å². The number of nitrogens with two attached hydrogens (primary N) is 2. The van der Waals surface area contributed by atoms with Crippen LogP contribution in [-0.4, -0.2) is 6.54 Å². The van der Waals surface area contributed by atoms with Crippen molar-refractivity contribution in [1.29, 1.82) is 0 Å². The zero-order chi connectivity index (χ0) is 8.27. The molecule has 0 bridgehead atoms. The van der Waals surface area contributed by atoms with Gasteiger partial charge in [-0.3, -0.25) is 0 Å². The van der Waals surface area contributed by atoms with Crippen molar-refractivity contribution in [2.24, 2.45) is 11.5 Å². The Morgan fingerprint density at radius 2 is 1.82 bits per heavy atom. The van der Waals surface area contributed by atoms with E-state index in [1.165, 1.54) is 3.57 Å². The Labute approximate surface area is 80.1 Å². The average molecular weight is 262 g/mol. The van der Waals surface area contributed by atoms with Crippen molar-refractivity contribution in [1.82, 2.24) is 0 Å². The van der Waals surface area contributed by atoms with Crippen LogP contribution >= 0.6 is 22.6 Å². The topological polar surface area (TPSA) is 52.0 Å². The molecule has 2 nitrogen and oxygen atoms in total. The molecule has 0 saturated carbocycles. The SMILES string of the molecule is NC[C@H](N)c1ccc(I)cc1. The van der Waals surface area contributed by atoms with Gasteiger partial charge < -0.3 is 11.5 Å². The molecule has 0 aromatic heterocycles. The van der Waals surface area contributed by atoms with Gasteiger partial charge in [0.1, 0.15) is 0 Å². The molecule has 1 atom stereocenters. The quantitative estimate of drug-likeness (QED) is 0.788. The third-order valence-corrected chi connectivity index (χ3v) is 2.27. The zero-order valence-corrected chi connectivity index (χ0v) is 8.28. The molecule has 0 unspecified atom stereocenters. The Hall–Kier alpha value is -0.130. The van der Waals surface area contributed by atoms with E-state index in [4.69, 9.17) is 11.5 Å². The molecule has 0 aliphatic rings. The monoisotopic (exact) mass is 262 g/mol. The molecule has 3 heteroatoms. The fourth-order valence-corrected chi connectivity index (χ4v) is 1.21. The Balaban J connectivity index is 2.81. The molecule has 0 saturated heterocycles. The molecule has 60 valence electrons. The van der Waals surface area contributed by atoms with Gasteiger partial charge >= 0.3 is 0 Å². The van der Waals surface area contributed by atoms with Crippen molar-refractivity contribution in [3.05, 3.63) is 33.4 Å².